The molecule has 1 aliphatic rings. The summed E-state index contributed by atoms with van der Waals surface area (Å²) in [6, 6.07) is 7.49. The molecular formula is C29H33N5O7S. The molecule has 0 aliphatic carbocycles. The van der Waals surface area contributed by atoms with Crippen LogP contribution < -0.4 is 16.0 Å². The minimum Gasteiger partial charge on any atom is -0.496 e. The number of hydrogen-bond acceptors (Lipinski definition) is 9. The zero-order chi connectivity index (χ0) is 29.8. The number of oxazole rings is 1. The molecule has 1 fully saturated rings. The van der Waals surface area contributed by atoms with Gasteiger partial charge in [0.15, 0.2) is 0 Å². The smallest absolute Gasteiger partial charge is 0.332 e. The van der Waals surface area contributed by atoms with Gasteiger partial charge in [-0.15, -0.1) is 11.3 Å². The highest BCUT2D eigenvalue weighted by molar-refractivity contribution is 7.22. The molecule has 5 rings (SSSR count). The molecule has 1 amide bonds. The van der Waals surface area contributed by atoms with Crippen molar-refractivity contribution in [2.45, 2.75) is 45.1 Å². The van der Waals surface area contributed by atoms with E-state index in [1.54, 1.807) is 33.0 Å². The van der Waals surface area contributed by atoms with E-state index in [9.17, 15) is 14.4 Å². The highest BCUT2D eigenvalue weighted by atomic mass is 32.1. The van der Waals surface area contributed by atoms with Crippen LogP contribution in [0, 0.1) is 6.92 Å². The molecule has 3 aromatic heterocycles. The van der Waals surface area contributed by atoms with Crippen molar-refractivity contribution in [3.05, 3.63) is 68.7 Å². The molecule has 12 nitrogen and oxygen atoms in total. The van der Waals surface area contributed by atoms with E-state index in [0.29, 0.717) is 58.4 Å². The molecule has 13 heteroatoms. The Morgan fingerprint density at radius 2 is 2.00 bits per heavy atom. The van der Waals surface area contributed by atoms with Crippen LogP contribution in [0.2, 0.25) is 0 Å². The molecule has 1 aliphatic heterocycles. The number of para-hydroxylation sites is 1. The van der Waals surface area contributed by atoms with Gasteiger partial charge < -0.3 is 23.5 Å². The molecule has 0 unspecified atom stereocenters. The zero-order valence-corrected chi connectivity index (χ0v) is 24.8. The van der Waals surface area contributed by atoms with Gasteiger partial charge in [-0.3, -0.25) is 18.7 Å². The van der Waals surface area contributed by atoms with Crippen LogP contribution in [0.3, 0.4) is 0 Å². The average Bonchev–Trinajstić information content (AvgIpc) is 3.64. The van der Waals surface area contributed by atoms with Crippen LogP contribution in [0.4, 0.5) is 0 Å². The van der Waals surface area contributed by atoms with E-state index in [0.717, 1.165) is 10.1 Å². The van der Waals surface area contributed by atoms with E-state index in [1.165, 1.54) is 34.7 Å². The van der Waals surface area contributed by atoms with Gasteiger partial charge in [0.2, 0.25) is 5.89 Å². The Labute approximate surface area is 245 Å². The second-order valence-corrected chi connectivity index (χ2v) is 11.1. The summed E-state index contributed by atoms with van der Waals surface area (Å²) in [6.45, 7) is 2.49. The average molecular weight is 596 g/mol. The third kappa shape index (κ3) is 6.08. The maximum absolute atomic E-state index is 14.1. The molecule has 0 saturated carbocycles. The molecule has 1 saturated heterocycles. The second kappa shape index (κ2) is 12.8. The Morgan fingerprint density at radius 3 is 2.69 bits per heavy atom. The number of aliphatic imine (C=N–C) groups is 1. The number of benzene rings is 1. The number of methoxy groups -OCH3 is 1. The molecule has 1 atom stereocenters. The van der Waals surface area contributed by atoms with Gasteiger partial charge in [-0.25, -0.2) is 14.8 Å². The highest BCUT2D eigenvalue weighted by Gasteiger charge is 2.28. The van der Waals surface area contributed by atoms with E-state index in [4.69, 9.17) is 18.6 Å². The van der Waals surface area contributed by atoms with Gasteiger partial charge in [0.25, 0.3) is 11.5 Å². The fourth-order valence-electron chi connectivity index (χ4n) is 4.95. The van der Waals surface area contributed by atoms with E-state index in [1.807, 2.05) is 24.3 Å². The number of aromatic nitrogens is 3. The van der Waals surface area contributed by atoms with Gasteiger partial charge in [0.1, 0.15) is 29.5 Å². The number of aryl methyl sites for hydroxylation is 1. The van der Waals surface area contributed by atoms with E-state index < -0.39 is 29.8 Å². The fraction of sp³-hybridized carbons (Fsp3) is 0.414. The standard InChI is InChI=1S/C29H33N5O7S/c1-18-24-27(36)33(16-23(35)31-17-32(2)3)29(37)34(28(24)42-25(18)26-30-11-14-40-26)15-22(41-19-9-12-39-13-10-19)20-7-5-6-8-21(20)38-4/h5-8,11,14,17,19,22H,9-10,12-13,15-16H2,1-4H3/t22-/m0/s1. The quantitative estimate of drug-likeness (QED) is 0.200. The van der Waals surface area contributed by atoms with Crippen molar-refractivity contribution in [2.24, 2.45) is 4.99 Å². The molecule has 0 N–H and O–H groups in total. The van der Waals surface area contributed by atoms with Gasteiger partial charge in [0, 0.05) is 32.9 Å². The van der Waals surface area contributed by atoms with Crippen LogP contribution in [0.5, 0.6) is 5.75 Å². The molecular weight excluding hydrogens is 562 g/mol. The summed E-state index contributed by atoms with van der Waals surface area (Å²) in [4.78, 5) is 51.4. The number of amides is 1. The van der Waals surface area contributed by atoms with Crippen LogP contribution >= 0.6 is 11.3 Å². The summed E-state index contributed by atoms with van der Waals surface area (Å²) in [5.41, 5.74) is 0.146. The van der Waals surface area contributed by atoms with Crippen molar-refractivity contribution in [2.75, 3.05) is 34.4 Å². The minimum absolute atomic E-state index is 0.0630. The number of nitrogens with zero attached hydrogens (tertiary/aromatic N) is 5. The number of hydrogen-bond donors (Lipinski definition) is 0. The van der Waals surface area contributed by atoms with Crippen molar-refractivity contribution in [3.63, 3.8) is 0 Å². The molecule has 222 valence electrons. The Kier molecular flexibility index (Phi) is 9.00. The zero-order valence-electron chi connectivity index (χ0n) is 23.9. The number of carbonyl (C=O) groups is 1. The molecule has 0 bridgehead atoms. The third-order valence-corrected chi connectivity index (χ3v) is 8.31. The first-order valence-electron chi connectivity index (χ1n) is 13.5. The van der Waals surface area contributed by atoms with Crippen molar-refractivity contribution < 1.29 is 23.4 Å². The second-order valence-electron chi connectivity index (χ2n) is 10.1. The summed E-state index contributed by atoms with van der Waals surface area (Å²) in [5.74, 6) is 0.322. The SMILES string of the molecule is COc1ccccc1[C@H](Cn1c(=O)n(CC(=O)N=CN(C)C)c(=O)c2c(C)c(-c3ncco3)sc21)OC1CCOCC1. The maximum atomic E-state index is 14.1. The van der Waals surface area contributed by atoms with Gasteiger partial charge >= 0.3 is 5.69 Å². The molecule has 1 aromatic carbocycles. The van der Waals surface area contributed by atoms with Gasteiger partial charge in [0.05, 0.1) is 42.6 Å². The minimum atomic E-state index is -0.642. The van der Waals surface area contributed by atoms with Crippen molar-refractivity contribution in [1.29, 1.82) is 0 Å². The lowest BCUT2D eigenvalue weighted by molar-refractivity contribution is -0.118. The maximum Gasteiger partial charge on any atom is 0.332 e. The van der Waals surface area contributed by atoms with E-state index in [2.05, 4.69) is 9.98 Å². The predicted octanol–water partition coefficient (Wildman–Crippen LogP) is 3.25. The molecule has 4 heterocycles. The lowest BCUT2D eigenvalue weighted by Gasteiger charge is -2.29. The summed E-state index contributed by atoms with van der Waals surface area (Å²) in [5, 5.41) is 0.307. The summed E-state index contributed by atoms with van der Waals surface area (Å²) in [7, 11) is 5.02. The molecule has 4 aromatic rings. The molecule has 0 spiro atoms. The van der Waals surface area contributed by atoms with E-state index >= 15 is 0 Å². The lowest BCUT2D eigenvalue weighted by Crippen LogP contribution is -2.42. The number of ether oxygens (including phenoxy) is 3. The van der Waals surface area contributed by atoms with E-state index in [-0.39, 0.29) is 12.6 Å². The number of fused-ring (bicyclic) bond motifs is 1. The first-order valence-corrected chi connectivity index (χ1v) is 14.4. The summed E-state index contributed by atoms with van der Waals surface area (Å²) < 4.78 is 25.8. The van der Waals surface area contributed by atoms with Gasteiger partial charge in [-0.1, -0.05) is 18.2 Å². The third-order valence-electron chi connectivity index (χ3n) is 7.01. The van der Waals surface area contributed by atoms with Crippen LogP contribution in [0.15, 0.2) is 55.7 Å². The fourth-order valence-corrected chi connectivity index (χ4v) is 6.19. The van der Waals surface area contributed by atoms with Crippen molar-refractivity contribution in [1.82, 2.24) is 19.0 Å². The Bertz CT molecular complexity index is 1700. The normalized spacial score (nSPS) is 15.0. The number of thiophene rings is 1. The number of rotatable bonds is 10. The first kappa shape index (κ1) is 29.4. The molecule has 0 radical (unpaired) electrons. The van der Waals surface area contributed by atoms with Crippen molar-refractivity contribution >= 4 is 33.8 Å². The predicted molar refractivity (Wildman–Crippen MR) is 158 cm³/mol. The topological polar surface area (TPSA) is 130 Å². The highest BCUT2D eigenvalue weighted by Crippen LogP contribution is 2.37. The lowest BCUT2D eigenvalue weighted by atomic mass is 10.1. The van der Waals surface area contributed by atoms with Crippen LogP contribution in [-0.2, 0) is 27.4 Å². The summed E-state index contributed by atoms with van der Waals surface area (Å²) in [6.07, 6.45) is 5.02. The monoisotopic (exact) mass is 595 g/mol. The summed E-state index contributed by atoms with van der Waals surface area (Å²) >= 11 is 1.24. The van der Waals surface area contributed by atoms with Crippen LogP contribution in [-0.4, -0.2) is 71.8 Å². The first-order chi connectivity index (χ1) is 20.3. The Hall–Kier alpha value is -4.07. The van der Waals surface area contributed by atoms with Crippen molar-refractivity contribution in [3.8, 4) is 16.5 Å². The molecule has 42 heavy (non-hydrogen) atoms. The Balaban J connectivity index is 1.68. The largest absolute Gasteiger partial charge is 0.496 e. The van der Waals surface area contributed by atoms with Gasteiger partial charge in [-0.05, 0) is 31.4 Å². The van der Waals surface area contributed by atoms with Crippen LogP contribution in [0.1, 0.15) is 30.1 Å². The number of carbonyl (C=O) groups excluding carboxylic acids is 1. The van der Waals surface area contributed by atoms with Gasteiger partial charge in [-0.2, -0.15) is 0 Å². The van der Waals surface area contributed by atoms with Crippen LogP contribution in [0.25, 0.3) is 21.0 Å². The Morgan fingerprint density at radius 1 is 1.24 bits per heavy atom.